The molecule has 0 fully saturated rings. The highest BCUT2D eigenvalue weighted by Gasteiger charge is 2.06. The van der Waals surface area contributed by atoms with Crippen molar-refractivity contribution in [1.29, 1.82) is 5.26 Å². The number of rotatable bonds is 3. The second-order valence-corrected chi connectivity index (χ2v) is 3.60. The summed E-state index contributed by atoms with van der Waals surface area (Å²) in [5, 5.41) is 8.75. The summed E-state index contributed by atoms with van der Waals surface area (Å²) < 4.78 is 0. The molecule has 0 saturated carbocycles. The van der Waals surface area contributed by atoms with Crippen molar-refractivity contribution < 1.29 is 0 Å². The Kier molecular flexibility index (Phi) is 3.36. The molecule has 1 heterocycles. The molecule has 6 nitrogen and oxygen atoms in total. The lowest BCUT2D eigenvalue weighted by atomic mass is 10.2. The predicted octanol–water partition coefficient (Wildman–Crippen LogP) is 1.40. The minimum Gasteiger partial charge on any atom is -0.329 e. The fourth-order valence-electron chi connectivity index (χ4n) is 1.50. The number of nitrogens with one attached hydrogen (secondary N) is 1. The molecule has 6 heteroatoms. The van der Waals surface area contributed by atoms with Gasteiger partial charge in [0.25, 0.3) is 0 Å². The van der Waals surface area contributed by atoms with E-state index in [4.69, 9.17) is 11.1 Å². The van der Waals surface area contributed by atoms with Crippen molar-refractivity contribution in [2.45, 2.75) is 0 Å². The fraction of sp³-hybridized carbons (Fsp3) is 0.0833. The van der Waals surface area contributed by atoms with Crippen molar-refractivity contribution in [1.82, 2.24) is 9.97 Å². The fourth-order valence-corrected chi connectivity index (χ4v) is 1.50. The van der Waals surface area contributed by atoms with Gasteiger partial charge in [0.15, 0.2) is 0 Å². The van der Waals surface area contributed by atoms with Gasteiger partial charge in [-0.2, -0.15) is 10.2 Å². The zero-order valence-corrected chi connectivity index (χ0v) is 9.83. The van der Waals surface area contributed by atoms with Gasteiger partial charge in [0.05, 0.1) is 11.6 Å². The molecule has 0 unspecified atom stereocenters. The molecule has 0 aliphatic heterocycles. The monoisotopic (exact) mass is 240 g/mol. The molecule has 2 aromatic rings. The maximum Gasteiger partial charge on any atom is 0.239 e. The Morgan fingerprint density at radius 1 is 1.28 bits per heavy atom. The summed E-state index contributed by atoms with van der Waals surface area (Å²) in [5.41, 5.74) is 3.95. The van der Waals surface area contributed by atoms with Crippen LogP contribution in [-0.2, 0) is 0 Å². The van der Waals surface area contributed by atoms with E-state index in [2.05, 4.69) is 21.5 Å². The van der Waals surface area contributed by atoms with Crippen LogP contribution in [0.5, 0.6) is 0 Å². The third-order valence-electron chi connectivity index (χ3n) is 2.50. The van der Waals surface area contributed by atoms with Crippen LogP contribution < -0.4 is 16.2 Å². The number of nitriles is 1. The van der Waals surface area contributed by atoms with Crippen LogP contribution >= 0.6 is 0 Å². The van der Waals surface area contributed by atoms with Crippen LogP contribution in [-0.4, -0.2) is 17.0 Å². The summed E-state index contributed by atoms with van der Waals surface area (Å²) in [4.78, 5) is 10.0. The number of nitrogens with two attached hydrogens (primary N) is 1. The van der Waals surface area contributed by atoms with Gasteiger partial charge in [-0.05, 0) is 30.3 Å². The maximum atomic E-state index is 8.75. The first kappa shape index (κ1) is 11.8. The lowest BCUT2D eigenvalue weighted by Gasteiger charge is -2.18. The first-order valence-electron chi connectivity index (χ1n) is 5.28. The molecule has 0 spiro atoms. The highest BCUT2D eigenvalue weighted by atomic mass is 15.3. The van der Waals surface area contributed by atoms with Gasteiger partial charge in [0.2, 0.25) is 5.95 Å². The smallest absolute Gasteiger partial charge is 0.239 e. The second kappa shape index (κ2) is 5.12. The van der Waals surface area contributed by atoms with Crippen molar-refractivity contribution in [2.75, 3.05) is 17.4 Å². The summed E-state index contributed by atoms with van der Waals surface area (Å²) in [6.45, 7) is 0. The van der Waals surface area contributed by atoms with Gasteiger partial charge in [-0.3, -0.25) is 5.43 Å². The Morgan fingerprint density at radius 3 is 2.61 bits per heavy atom. The maximum absolute atomic E-state index is 8.75. The Morgan fingerprint density at radius 2 is 2.00 bits per heavy atom. The van der Waals surface area contributed by atoms with Crippen molar-refractivity contribution >= 4 is 17.5 Å². The van der Waals surface area contributed by atoms with E-state index in [1.807, 2.05) is 24.1 Å². The Balaban J connectivity index is 2.29. The van der Waals surface area contributed by atoms with Gasteiger partial charge >= 0.3 is 0 Å². The predicted molar refractivity (Wildman–Crippen MR) is 69.1 cm³/mol. The van der Waals surface area contributed by atoms with Gasteiger partial charge in [0, 0.05) is 18.9 Å². The number of hydrogen-bond acceptors (Lipinski definition) is 6. The van der Waals surface area contributed by atoms with Gasteiger partial charge in [-0.15, -0.1) is 0 Å². The largest absolute Gasteiger partial charge is 0.329 e. The van der Waals surface area contributed by atoms with Crippen LogP contribution in [0.3, 0.4) is 0 Å². The number of nitrogens with zero attached hydrogens (tertiary/aromatic N) is 4. The average Bonchev–Trinajstić information content (AvgIpc) is 2.46. The number of anilines is 3. The lowest BCUT2D eigenvalue weighted by molar-refractivity contribution is 1.06. The molecule has 0 atom stereocenters. The van der Waals surface area contributed by atoms with E-state index < -0.39 is 0 Å². The first-order chi connectivity index (χ1) is 8.74. The average molecular weight is 240 g/mol. The first-order valence-corrected chi connectivity index (χ1v) is 5.28. The summed E-state index contributed by atoms with van der Waals surface area (Å²) in [6.07, 6.45) is 1.62. The van der Waals surface area contributed by atoms with Gasteiger partial charge < -0.3 is 4.90 Å². The van der Waals surface area contributed by atoms with E-state index >= 15 is 0 Å². The molecule has 0 radical (unpaired) electrons. The highest BCUT2D eigenvalue weighted by molar-refractivity contribution is 5.60. The van der Waals surface area contributed by atoms with E-state index in [1.54, 1.807) is 24.4 Å². The molecule has 0 aliphatic carbocycles. The summed E-state index contributed by atoms with van der Waals surface area (Å²) >= 11 is 0. The second-order valence-electron chi connectivity index (χ2n) is 3.60. The van der Waals surface area contributed by atoms with Crippen molar-refractivity contribution in [3.63, 3.8) is 0 Å². The zero-order chi connectivity index (χ0) is 13.0. The normalized spacial score (nSPS) is 9.61. The molecular weight excluding hydrogens is 228 g/mol. The molecule has 0 bridgehead atoms. The summed E-state index contributed by atoms with van der Waals surface area (Å²) in [7, 11) is 1.88. The van der Waals surface area contributed by atoms with Crippen LogP contribution in [0.1, 0.15) is 5.56 Å². The molecule has 0 aliphatic rings. The van der Waals surface area contributed by atoms with Crippen LogP contribution in [0.2, 0.25) is 0 Å². The number of benzene rings is 1. The zero-order valence-electron chi connectivity index (χ0n) is 9.83. The third kappa shape index (κ3) is 2.36. The van der Waals surface area contributed by atoms with Crippen LogP contribution in [0.25, 0.3) is 0 Å². The molecule has 0 saturated heterocycles. The Hall–Kier alpha value is -2.65. The SMILES string of the molecule is CN(c1ccc(C#N)cc1)c1ccnc(NN)n1. The van der Waals surface area contributed by atoms with E-state index in [-0.39, 0.29) is 0 Å². The van der Waals surface area contributed by atoms with Crippen molar-refractivity contribution in [3.05, 3.63) is 42.1 Å². The van der Waals surface area contributed by atoms with E-state index in [1.165, 1.54) is 0 Å². The summed E-state index contributed by atoms with van der Waals surface area (Å²) in [5.74, 6) is 6.33. The molecule has 2 rings (SSSR count). The molecule has 18 heavy (non-hydrogen) atoms. The summed E-state index contributed by atoms with van der Waals surface area (Å²) in [6, 6.07) is 11.1. The van der Waals surface area contributed by atoms with Gasteiger partial charge in [-0.1, -0.05) is 0 Å². The van der Waals surface area contributed by atoms with Crippen LogP contribution in [0.15, 0.2) is 36.5 Å². The van der Waals surface area contributed by atoms with E-state index in [9.17, 15) is 0 Å². The Bertz CT molecular complexity index is 572. The third-order valence-corrected chi connectivity index (χ3v) is 2.50. The number of aromatic nitrogens is 2. The molecule has 90 valence electrons. The lowest BCUT2D eigenvalue weighted by Crippen LogP contribution is -2.15. The Labute approximate surface area is 105 Å². The molecule has 1 aromatic heterocycles. The quantitative estimate of drug-likeness (QED) is 0.622. The standard InChI is InChI=1S/C12H12N6/c1-18(10-4-2-9(8-13)3-5-10)11-6-7-15-12(16-11)17-14/h2-7H,14H2,1H3,(H,15,16,17). The molecule has 0 amide bonds. The van der Waals surface area contributed by atoms with Crippen molar-refractivity contribution in [3.8, 4) is 6.07 Å². The van der Waals surface area contributed by atoms with Gasteiger partial charge in [0.1, 0.15) is 5.82 Å². The van der Waals surface area contributed by atoms with Gasteiger partial charge in [-0.25, -0.2) is 10.8 Å². The topological polar surface area (TPSA) is 90.9 Å². The minimum atomic E-state index is 0.355. The van der Waals surface area contributed by atoms with Crippen molar-refractivity contribution in [2.24, 2.45) is 5.84 Å². The molecular formula is C12H12N6. The number of hydrogen-bond donors (Lipinski definition) is 2. The minimum absolute atomic E-state index is 0.355. The number of hydrazine groups is 1. The molecule has 1 aromatic carbocycles. The van der Waals surface area contributed by atoms with Crippen LogP contribution in [0.4, 0.5) is 17.5 Å². The number of nitrogen functional groups attached to an aromatic ring is 1. The van der Waals surface area contributed by atoms with E-state index in [0.717, 1.165) is 5.69 Å². The van der Waals surface area contributed by atoms with Crippen LogP contribution in [0, 0.1) is 11.3 Å². The van der Waals surface area contributed by atoms with E-state index in [0.29, 0.717) is 17.3 Å². The molecule has 3 N–H and O–H groups in total. The highest BCUT2D eigenvalue weighted by Crippen LogP contribution is 2.21.